The first-order valence-electron chi connectivity index (χ1n) is 8.44. The molecule has 3 rings (SSSR count). The number of nitriles is 1. The van der Waals surface area contributed by atoms with Crippen LogP contribution in [0.1, 0.15) is 11.3 Å². The summed E-state index contributed by atoms with van der Waals surface area (Å²) in [6, 6.07) is 20.9. The summed E-state index contributed by atoms with van der Waals surface area (Å²) in [4.78, 5) is 22.7. The fraction of sp³-hybridized carbons (Fsp3) is 0.0476. The Labute approximate surface area is 161 Å². The number of carbonyl (C=O) groups excluding carboxylic acids is 1. The molecular formula is C21H16N4O3. The standard InChI is InChI=1S/C21H16N4O3/c22-14-17(21(26)23-15-16-5-2-1-3-6-16)13-20-7-4-12-24(20)18-8-10-19(11-9-18)25(27)28/h1-13H,15H2,(H,23,26). The van der Waals surface area contributed by atoms with Gasteiger partial charge in [-0.1, -0.05) is 30.3 Å². The maximum atomic E-state index is 12.4. The van der Waals surface area contributed by atoms with E-state index in [1.807, 2.05) is 36.4 Å². The van der Waals surface area contributed by atoms with Crippen LogP contribution in [-0.4, -0.2) is 15.4 Å². The number of hydrogen-bond acceptors (Lipinski definition) is 4. The molecule has 0 saturated carbocycles. The van der Waals surface area contributed by atoms with Gasteiger partial charge in [-0.3, -0.25) is 14.9 Å². The summed E-state index contributed by atoms with van der Waals surface area (Å²) in [7, 11) is 0. The third-order valence-electron chi connectivity index (χ3n) is 4.07. The Balaban J connectivity index is 1.80. The van der Waals surface area contributed by atoms with E-state index in [1.54, 1.807) is 35.0 Å². The summed E-state index contributed by atoms with van der Waals surface area (Å²) >= 11 is 0. The first-order chi connectivity index (χ1) is 13.6. The van der Waals surface area contributed by atoms with Crippen LogP contribution in [0, 0.1) is 21.4 Å². The number of carbonyl (C=O) groups is 1. The zero-order valence-electron chi connectivity index (χ0n) is 14.8. The zero-order chi connectivity index (χ0) is 19.9. The molecule has 0 bridgehead atoms. The molecule has 0 saturated heterocycles. The van der Waals surface area contributed by atoms with Crippen LogP contribution in [0.3, 0.4) is 0 Å². The molecule has 0 unspecified atom stereocenters. The fourth-order valence-corrected chi connectivity index (χ4v) is 2.65. The van der Waals surface area contributed by atoms with E-state index in [9.17, 15) is 20.2 Å². The number of non-ortho nitro benzene ring substituents is 1. The van der Waals surface area contributed by atoms with Crippen LogP contribution in [0.15, 0.2) is 78.5 Å². The van der Waals surface area contributed by atoms with E-state index in [-0.39, 0.29) is 11.3 Å². The van der Waals surface area contributed by atoms with Crippen molar-refractivity contribution in [2.24, 2.45) is 0 Å². The van der Waals surface area contributed by atoms with Gasteiger partial charge in [0.15, 0.2) is 0 Å². The molecular weight excluding hydrogens is 356 g/mol. The number of hydrogen-bond donors (Lipinski definition) is 1. The lowest BCUT2D eigenvalue weighted by atomic mass is 10.2. The van der Waals surface area contributed by atoms with E-state index in [0.29, 0.717) is 17.9 Å². The Hall–Kier alpha value is -4.18. The Kier molecular flexibility index (Phi) is 5.63. The van der Waals surface area contributed by atoms with Crippen LogP contribution < -0.4 is 5.32 Å². The predicted octanol–water partition coefficient (Wildman–Crippen LogP) is 3.61. The molecule has 0 aliphatic heterocycles. The number of amides is 1. The Bertz CT molecular complexity index is 1060. The summed E-state index contributed by atoms with van der Waals surface area (Å²) in [5.74, 6) is -0.470. The molecule has 0 aliphatic carbocycles. The molecule has 0 fully saturated rings. The van der Waals surface area contributed by atoms with Crippen LogP contribution in [-0.2, 0) is 11.3 Å². The summed E-state index contributed by atoms with van der Waals surface area (Å²) in [6.45, 7) is 0.321. The lowest BCUT2D eigenvalue weighted by molar-refractivity contribution is -0.384. The highest BCUT2D eigenvalue weighted by Gasteiger charge is 2.11. The van der Waals surface area contributed by atoms with Crippen LogP contribution in [0.4, 0.5) is 5.69 Å². The number of aromatic nitrogens is 1. The zero-order valence-corrected chi connectivity index (χ0v) is 14.8. The number of benzene rings is 2. The number of nitro groups is 1. The minimum Gasteiger partial charge on any atom is -0.347 e. The second kappa shape index (κ2) is 8.47. The van der Waals surface area contributed by atoms with Crippen LogP contribution in [0.5, 0.6) is 0 Å². The minimum atomic E-state index is -0.470. The van der Waals surface area contributed by atoms with Gasteiger partial charge in [0.2, 0.25) is 0 Å². The molecule has 2 aromatic carbocycles. The lowest BCUT2D eigenvalue weighted by Crippen LogP contribution is -2.24. The highest BCUT2D eigenvalue weighted by Crippen LogP contribution is 2.19. The average Bonchev–Trinajstić information content (AvgIpc) is 3.19. The molecule has 1 N–H and O–H groups in total. The van der Waals surface area contributed by atoms with Crippen molar-refractivity contribution in [3.8, 4) is 11.8 Å². The topological polar surface area (TPSA) is 101 Å². The Morgan fingerprint density at radius 1 is 1.11 bits per heavy atom. The molecule has 138 valence electrons. The molecule has 1 amide bonds. The highest BCUT2D eigenvalue weighted by molar-refractivity contribution is 6.01. The van der Waals surface area contributed by atoms with Crippen molar-refractivity contribution in [3.05, 3.63) is 99.9 Å². The van der Waals surface area contributed by atoms with Gasteiger partial charge in [-0.25, -0.2) is 0 Å². The maximum absolute atomic E-state index is 12.4. The summed E-state index contributed by atoms with van der Waals surface area (Å²) in [5, 5.41) is 22.9. The van der Waals surface area contributed by atoms with Crippen molar-refractivity contribution in [2.75, 3.05) is 0 Å². The molecule has 0 radical (unpaired) electrons. The summed E-state index contributed by atoms with van der Waals surface area (Å²) in [6.07, 6.45) is 3.24. The van der Waals surface area contributed by atoms with E-state index < -0.39 is 10.8 Å². The third-order valence-corrected chi connectivity index (χ3v) is 4.07. The largest absolute Gasteiger partial charge is 0.347 e. The van der Waals surface area contributed by atoms with Gasteiger partial charge in [-0.15, -0.1) is 0 Å². The molecule has 28 heavy (non-hydrogen) atoms. The lowest BCUT2D eigenvalue weighted by Gasteiger charge is -2.08. The quantitative estimate of drug-likeness (QED) is 0.309. The van der Waals surface area contributed by atoms with Gasteiger partial charge >= 0.3 is 0 Å². The molecule has 7 nitrogen and oxygen atoms in total. The van der Waals surface area contributed by atoms with Gasteiger partial charge in [0.05, 0.1) is 4.92 Å². The number of nitrogens with one attached hydrogen (secondary N) is 1. The van der Waals surface area contributed by atoms with Crippen molar-refractivity contribution in [3.63, 3.8) is 0 Å². The van der Waals surface area contributed by atoms with Crippen LogP contribution in [0.25, 0.3) is 11.8 Å². The first-order valence-corrected chi connectivity index (χ1v) is 8.44. The molecule has 1 heterocycles. The summed E-state index contributed by atoms with van der Waals surface area (Å²) < 4.78 is 1.74. The van der Waals surface area contributed by atoms with Crippen molar-refractivity contribution in [2.45, 2.75) is 6.54 Å². The average molecular weight is 372 g/mol. The van der Waals surface area contributed by atoms with Crippen molar-refractivity contribution in [1.82, 2.24) is 9.88 Å². The normalized spacial score (nSPS) is 10.9. The van der Waals surface area contributed by atoms with Crippen molar-refractivity contribution >= 4 is 17.7 Å². The highest BCUT2D eigenvalue weighted by atomic mass is 16.6. The second-order valence-corrected chi connectivity index (χ2v) is 5.91. The van der Waals surface area contributed by atoms with E-state index in [4.69, 9.17) is 0 Å². The third kappa shape index (κ3) is 4.31. The first kappa shape index (κ1) is 18.6. The van der Waals surface area contributed by atoms with E-state index in [2.05, 4.69) is 5.32 Å². The Morgan fingerprint density at radius 3 is 2.46 bits per heavy atom. The minimum absolute atomic E-state index is 0.00833. The van der Waals surface area contributed by atoms with Gasteiger partial charge in [0.1, 0.15) is 11.6 Å². The number of nitro benzene ring substituents is 1. The van der Waals surface area contributed by atoms with E-state index in [1.165, 1.54) is 18.2 Å². The predicted molar refractivity (Wildman–Crippen MR) is 104 cm³/mol. The van der Waals surface area contributed by atoms with E-state index in [0.717, 1.165) is 5.56 Å². The van der Waals surface area contributed by atoms with Gasteiger partial charge in [0.25, 0.3) is 11.6 Å². The SMILES string of the molecule is N#CC(=Cc1cccn1-c1ccc([N+](=O)[O-])cc1)C(=O)NCc1ccccc1. The Morgan fingerprint density at radius 2 is 1.82 bits per heavy atom. The van der Waals surface area contributed by atoms with Crippen molar-refractivity contribution in [1.29, 1.82) is 5.26 Å². The number of rotatable bonds is 6. The number of nitrogens with zero attached hydrogens (tertiary/aromatic N) is 3. The van der Waals surface area contributed by atoms with Crippen LogP contribution in [0.2, 0.25) is 0 Å². The van der Waals surface area contributed by atoms with E-state index >= 15 is 0 Å². The monoisotopic (exact) mass is 372 g/mol. The molecule has 7 heteroatoms. The molecule has 0 aliphatic rings. The molecule has 0 atom stereocenters. The molecule has 3 aromatic rings. The van der Waals surface area contributed by atoms with Gasteiger partial charge < -0.3 is 9.88 Å². The van der Waals surface area contributed by atoms with Gasteiger partial charge in [0, 0.05) is 36.3 Å². The van der Waals surface area contributed by atoms with Gasteiger partial charge in [-0.2, -0.15) is 5.26 Å². The summed E-state index contributed by atoms with van der Waals surface area (Å²) in [5.41, 5.74) is 2.19. The van der Waals surface area contributed by atoms with Crippen LogP contribution >= 0.6 is 0 Å². The van der Waals surface area contributed by atoms with Gasteiger partial charge in [-0.05, 0) is 35.9 Å². The molecule has 1 aromatic heterocycles. The molecule has 0 spiro atoms. The maximum Gasteiger partial charge on any atom is 0.269 e. The second-order valence-electron chi connectivity index (χ2n) is 5.91. The fourth-order valence-electron chi connectivity index (χ4n) is 2.65. The smallest absolute Gasteiger partial charge is 0.269 e. The van der Waals surface area contributed by atoms with Crippen molar-refractivity contribution < 1.29 is 9.72 Å².